The molecule has 0 saturated heterocycles. The average Bonchev–Trinajstić information content (AvgIpc) is 3.98. The normalized spacial score (nSPS) is 11.8. The molecule has 272 valence electrons. The van der Waals surface area contributed by atoms with Crippen molar-refractivity contribution in [2.45, 2.75) is 0 Å². The molecular weight excluding hydrogens is 759 g/mol. The molecular formula is C54H33NS3. The van der Waals surface area contributed by atoms with Crippen LogP contribution in [0.3, 0.4) is 0 Å². The number of fused-ring (bicyclic) bond motifs is 9. The summed E-state index contributed by atoms with van der Waals surface area (Å²) in [6, 6.07) is 73.8. The molecule has 0 aliphatic rings. The van der Waals surface area contributed by atoms with Gasteiger partial charge in [-0.2, -0.15) is 0 Å². The van der Waals surface area contributed by atoms with Gasteiger partial charge < -0.3 is 4.90 Å². The van der Waals surface area contributed by atoms with Gasteiger partial charge in [-0.25, -0.2) is 0 Å². The van der Waals surface area contributed by atoms with Crippen LogP contribution in [0, 0.1) is 0 Å². The third-order valence-corrected chi connectivity index (χ3v) is 14.9. The molecule has 9 aromatic carbocycles. The quantitative estimate of drug-likeness (QED) is 0.162. The first-order valence-electron chi connectivity index (χ1n) is 19.6. The van der Waals surface area contributed by atoms with E-state index in [1.165, 1.54) is 105 Å². The number of hydrogen-bond acceptors (Lipinski definition) is 4. The van der Waals surface area contributed by atoms with E-state index in [2.05, 4.69) is 205 Å². The molecule has 0 radical (unpaired) electrons. The second kappa shape index (κ2) is 13.5. The maximum absolute atomic E-state index is 2.55. The summed E-state index contributed by atoms with van der Waals surface area (Å²) in [7, 11) is 0. The van der Waals surface area contributed by atoms with Gasteiger partial charge in [-0.15, -0.1) is 34.0 Å². The van der Waals surface area contributed by atoms with E-state index in [0.717, 1.165) is 5.69 Å². The van der Waals surface area contributed by atoms with E-state index in [1.807, 2.05) is 34.0 Å². The summed E-state index contributed by atoms with van der Waals surface area (Å²) in [6.07, 6.45) is 0. The fraction of sp³-hybridized carbons (Fsp3) is 0. The Labute approximate surface area is 347 Å². The molecule has 0 unspecified atom stereocenters. The lowest BCUT2D eigenvalue weighted by atomic mass is 9.98. The predicted octanol–water partition coefficient (Wildman–Crippen LogP) is 17.3. The number of anilines is 3. The van der Waals surface area contributed by atoms with Crippen LogP contribution >= 0.6 is 34.0 Å². The predicted molar refractivity (Wildman–Crippen MR) is 256 cm³/mol. The van der Waals surface area contributed by atoms with Gasteiger partial charge in [0.15, 0.2) is 0 Å². The second-order valence-electron chi connectivity index (χ2n) is 14.8. The van der Waals surface area contributed by atoms with Crippen LogP contribution in [0.5, 0.6) is 0 Å². The highest BCUT2D eigenvalue weighted by Gasteiger charge is 2.24. The minimum Gasteiger partial charge on any atom is -0.309 e. The first-order chi connectivity index (χ1) is 28.7. The highest BCUT2D eigenvalue weighted by Crippen LogP contribution is 2.52. The van der Waals surface area contributed by atoms with Crippen LogP contribution in [-0.4, -0.2) is 0 Å². The van der Waals surface area contributed by atoms with Crippen molar-refractivity contribution in [1.82, 2.24) is 0 Å². The third kappa shape index (κ3) is 5.41. The second-order valence-corrected chi connectivity index (χ2v) is 18.0. The van der Waals surface area contributed by atoms with E-state index in [4.69, 9.17) is 0 Å². The van der Waals surface area contributed by atoms with E-state index in [9.17, 15) is 0 Å². The van der Waals surface area contributed by atoms with Gasteiger partial charge in [-0.1, -0.05) is 146 Å². The Kier molecular flexibility index (Phi) is 7.83. The Balaban J connectivity index is 1.15. The van der Waals surface area contributed by atoms with E-state index >= 15 is 0 Å². The van der Waals surface area contributed by atoms with Gasteiger partial charge in [0.1, 0.15) is 0 Å². The van der Waals surface area contributed by atoms with Gasteiger partial charge in [0.2, 0.25) is 0 Å². The standard InChI is InChI=1S/C54H33NS3/c1-4-13-34(14-5-1)37-23-26-41-44-33-39(25-30-48(44)57-50(41)31-37)55(45-20-12-22-49-52(45)42-19-10-11-21-47(42)56-49)46-29-28-40(36-17-8-3-9-18-36)54-53(46)43-27-24-38(32-51(43)58-54)35-15-6-2-7-16-35/h1-33H. The molecule has 12 aromatic rings. The molecule has 0 aliphatic carbocycles. The highest BCUT2D eigenvalue weighted by molar-refractivity contribution is 7.27. The van der Waals surface area contributed by atoms with Gasteiger partial charge >= 0.3 is 0 Å². The molecule has 0 bridgehead atoms. The Bertz CT molecular complexity index is 3500. The largest absolute Gasteiger partial charge is 0.309 e. The van der Waals surface area contributed by atoms with Crippen LogP contribution in [0.25, 0.3) is 93.9 Å². The molecule has 58 heavy (non-hydrogen) atoms. The van der Waals surface area contributed by atoms with Crippen molar-refractivity contribution in [2.75, 3.05) is 4.90 Å². The zero-order chi connectivity index (χ0) is 38.2. The Hall–Kier alpha value is -6.56. The van der Waals surface area contributed by atoms with Gasteiger partial charge in [-0.05, 0) is 88.0 Å². The maximum atomic E-state index is 2.55. The molecule has 3 aromatic heterocycles. The van der Waals surface area contributed by atoms with Gasteiger partial charge in [0.05, 0.1) is 11.4 Å². The summed E-state index contributed by atoms with van der Waals surface area (Å²) in [5.74, 6) is 0. The molecule has 0 fully saturated rings. The van der Waals surface area contributed by atoms with Crippen molar-refractivity contribution < 1.29 is 0 Å². The fourth-order valence-electron chi connectivity index (χ4n) is 8.77. The Morgan fingerprint density at radius 2 is 0.862 bits per heavy atom. The zero-order valence-electron chi connectivity index (χ0n) is 31.2. The summed E-state index contributed by atoms with van der Waals surface area (Å²) in [5.41, 5.74) is 11.0. The summed E-state index contributed by atoms with van der Waals surface area (Å²) in [5, 5.41) is 7.70. The lowest BCUT2D eigenvalue weighted by Crippen LogP contribution is -2.11. The minimum atomic E-state index is 1.15. The Morgan fingerprint density at radius 1 is 0.293 bits per heavy atom. The molecule has 0 aliphatic heterocycles. The van der Waals surface area contributed by atoms with Crippen LogP contribution in [0.4, 0.5) is 17.1 Å². The molecule has 0 amide bonds. The van der Waals surface area contributed by atoms with Crippen LogP contribution < -0.4 is 4.90 Å². The number of rotatable bonds is 6. The number of hydrogen-bond donors (Lipinski definition) is 0. The summed E-state index contributed by atoms with van der Waals surface area (Å²) < 4.78 is 7.78. The van der Waals surface area contributed by atoms with Gasteiger partial charge in [0.25, 0.3) is 0 Å². The van der Waals surface area contributed by atoms with E-state index in [-0.39, 0.29) is 0 Å². The first-order valence-corrected chi connectivity index (χ1v) is 22.0. The maximum Gasteiger partial charge on any atom is 0.0555 e. The van der Waals surface area contributed by atoms with Crippen molar-refractivity contribution in [2.24, 2.45) is 0 Å². The van der Waals surface area contributed by atoms with Crippen LogP contribution in [0.2, 0.25) is 0 Å². The van der Waals surface area contributed by atoms with Crippen molar-refractivity contribution in [3.05, 3.63) is 200 Å². The zero-order valence-corrected chi connectivity index (χ0v) is 33.7. The van der Waals surface area contributed by atoms with E-state index in [0.29, 0.717) is 0 Å². The molecule has 0 N–H and O–H groups in total. The molecule has 1 nitrogen and oxygen atoms in total. The van der Waals surface area contributed by atoms with Gasteiger partial charge in [0, 0.05) is 66.2 Å². The van der Waals surface area contributed by atoms with E-state index in [1.54, 1.807) is 0 Å². The van der Waals surface area contributed by atoms with Crippen molar-refractivity contribution in [3.63, 3.8) is 0 Å². The van der Waals surface area contributed by atoms with Crippen LogP contribution in [0.1, 0.15) is 0 Å². The smallest absolute Gasteiger partial charge is 0.0555 e. The highest BCUT2D eigenvalue weighted by atomic mass is 32.1. The monoisotopic (exact) mass is 791 g/mol. The van der Waals surface area contributed by atoms with Crippen molar-refractivity contribution in [3.8, 4) is 33.4 Å². The molecule has 0 atom stereocenters. The van der Waals surface area contributed by atoms with E-state index < -0.39 is 0 Å². The topological polar surface area (TPSA) is 3.24 Å². The number of benzene rings is 9. The lowest BCUT2D eigenvalue weighted by molar-refractivity contribution is 1.33. The molecule has 4 heteroatoms. The molecule has 3 heterocycles. The van der Waals surface area contributed by atoms with Crippen LogP contribution in [0.15, 0.2) is 200 Å². The van der Waals surface area contributed by atoms with Crippen LogP contribution in [-0.2, 0) is 0 Å². The number of thiophene rings is 3. The Morgan fingerprint density at radius 3 is 1.60 bits per heavy atom. The average molecular weight is 792 g/mol. The van der Waals surface area contributed by atoms with Gasteiger partial charge in [-0.3, -0.25) is 0 Å². The van der Waals surface area contributed by atoms with Crippen molar-refractivity contribution in [1.29, 1.82) is 0 Å². The molecule has 0 saturated carbocycles. The first kappa shape index (κ1) is 33.6. The summed E-state index contributed by atoms with van der Waals surface area (Å²) in [6.45, 7) is 0. The minimum absolute atomic E-state index is 1.15. The molecule has 12 rings (SSSR count). The SMILES string of the molecule is c1ccc(-c2ccc3c(c2)sc2ccc(N(c4cccc5sc6ccccc6c45)c4ccc(-c5ccccc5)c5sc6cc(-c7ccccc7)ccc6c45)cc23)cc1. The van der Waals surface area contributed by atoms with Crippen molar-refractivity contribution >= 4 is 112 Å². The third-order valence-electron chi connectivity index (χ3n) is 11.5. The molecule has 0 spiro atoms. The summed E-state index contributed by atoms with van der Waals surface area (Å²) >= 11 is 5.66. The number of nitrogens with zero attached hydrogens (tertiary/aromatic N) is 1. The fourth-order valence-corrected chi connectivity index (χ4v) is 12.3. The lowest BCUT2D eigenvalue weighted by Gasteiger charge is -2.28. The summed E-state index contributed by atoms with van der Waals surface area (Å²) in [4.78, 5) is 2.55.